The van der Waals surface area contributed by atoms with E-state index in [4.69, 9.17) is 0 Å². The highest BCUT2D eigenvalue weighted by Gasteiger charge is 2.42. The molecule has 1 saturated carbocycles. The van der Waals surface area contributed by atoms with Crippen LogP contribution in [0.1, 0.15) is 60.3 Å². The number of aliphatic hydroxyl groups is 1. The highest BCUT2D eigenvalue weighted by molar-refractivity contribution is 4.94. The largest absolute Gasteiger partial charge is 0.390 e. The van der Waals surface area contributed by atoms with Crippen molar-refractivity contribution in [1.82, 2.24) is 0 Å². The van der Waals surface area contributed by atoms with E-state index in [9.17, 15) is 5.11 Å². The summed E-state index contributed by atoms with van der Waals surface area (Å²) < 4.78 is 0. The van der Waals surface area contributed by atoms with Crippen LogP contribution in [0.3, 0.4) is 0 Å². The molecule has 14 heavy (non-hydrogen) atoms. The molecule has 0 aromatic carbocycles. The summed E-state index contributed by atoms with van der Waals surface area (Å²) >= 11 is 0. The zero-order valence-electron chi connectivity index (χ0n) is 10.4. The lowest BCUT2D eigenvalue weighted by atomic mass is 9.63. The molecule has 1 aliphatic rings. The lowest BCUT2D eigenvalue weighted by Gasteiger charge is -2.46. The van der Waals surface area contributed by atoms with Gasteiger partial charge < -0.3 is 5.11 Å². The highest BCUT2D eigenvalue weighted by atomic mass is 16.3. The third-order valence-electron chi connectivity index (χ3n) is 3.77. The Balaban J connectivity index is 2.64. The second-order valence-electron chi connectivity index (χ2n) is 6.47. The number of hydrogen-bond acceptors (Lipinski definition) is 1. The molecule has 1 aliphatic carbocycles. The fourth-order valence-corrected chi connectivity index (χ4v) is 2.93. The fraction of sp³-hybridized carbons (Fsp3) is 1.00. The molecule has 0 spiro atoms. The zero-order valence-corrected chi connectivity index (χ0v) is 10.4. The average Bonchev–Trinajstić information content (AvgIpc) is 1.97. The van der Waals surface area contributed by atoms with E-state index in [-0.39, 0.29) is 5.60 Å². The molecule has 0 aliphatic heterocycles. The monoisotopic (exact) mass is 198 g/mol. The Morgan fingerprint density at radius 3 is 2.29 bits per heavy atom. The third-order valence-corrected chi connectivity index (χ3v) is 3.77. The highest BCUT2D eigenvalue weighted by Crippen LogP contribution is 2.46. The first-order valence-electron chi connectivity index (χ1n) is 5.98. The van der Waals surface area contributed by atoms with Gasteiger partial charge in [0.15, 0.2) is 0 Å². The molecule has 2 unspecified atom stereocenters. The van der Waals surface area contributed by atoms with Crippen LogP contribution < -0.4 is 0 Å². The second-order valence-corrected chi connectivity index (χ2v) is 6.47. The molecule has 0 heterocycles. The summed E-state index contributed by atoms with van der Waals surface area (Å²) in [4.78, 5) is 0. The van der Waals surface area contributed by atoms with E-state index in [1.807, 2.05) is 0 Å². The van der Waals surface area contributed by atoms with E-state index in [1.165, 1.54) is 6.42 Å². The third kappa shape index (κ3) is 2.73. The van der Waals surface area contributed by atoms with Gasteiger partial charge in [-0.2, -0.15) is 0 Å². The summed E-state index contributed by atoms with van der Waals surface area (Å²) in [6.07, 6.45) is 4.28. The first-order valence-corrected chi connectivity index (χ1v) is 5.98. The van der Waals surface area contributed by atoms with E-state index in [1.54, 1.807) is 0 Å². The minimum absolute atomic E-state index is 0.385. The Morgan fingerprint density at radius 1 is 1.29 bits per heavy atom. The van der Waals surface area contributed by atoms with E-state index in [0.717, 1.165) is 19.3 Å². The van der Waals surface area contributed by atoms with Gasteiger partial charge in [-0.25, -0.2) is 0 Å². The van der Waals surface area contributed by atoms with E-state index >= 15 is 0 Å². The molecule has 2 atom stereocenters. The van der Waals surface area contributed by atoms with Crippen molar-refractivity contribution >= 4 is 0 Å². The van der Waals surface area contributed by atoms with Crippen molar-refractivity contribution in [2.75, 3.05) is 0 Å². The molecule has 0 saturated heterocycles. The number of rotatable bonds is 2. The van der Waals surface area contributed by atoms with Gasteiger partial charge in [-0.05, 0) is 42.9 Å². The second kappa shape index (κ2) is 3.84. The van der Waals surface area contributed by atoms with Crippen molar-refractivity contribution in [3.63, 3.8) is 0 Å². The van der Waals surface area contributed by atoms with Gasteiger partial charge in [0.25, 0.3) is 0 Å². The summed E-state index contributed by atoms with van der Waals surface area (Å²) in [6.45, 7) is 11.2. The van der Waals surface area contributed by atoms with Crippen LogP contribution in [-0.2, 0) is 0 Å². The van der Waals surface area contributed by atoms with Crippen molar-refractivity contribution in [3.05, 3.63) is 0 Å². The van der Waals surface area contributed by atoms with Gasteiger partial charge in [0.2, 0.25) is 0 Å². The quantitative estimate of drug-likeness (QED) is 0.718. The molecule has 0 amide bonds. The van der Waals surface area contributed by atoms with E-state index < -0.39 is 0 Å². The Kier molecular flexibility index (Phi) is 3.30. The molecule has 0 aromatic rings. The molecule has 1 nitrogen and oxygen atoms in total. The zero-order chi connectivity index (χ0) is 11.0. The summed E-state index contributed by atoms with van der Waals surface area (Å²) in [5.74, 6) is 1.05. The average molecular weight is 198 g/mol. The molecular formula is C13H26O. The summed E-state index contributed by atoms with van der Waals surface area (Å²) in [7, 11) is 0. The van der Waals surface area contributed by atoms with Crippen molar-refractivity contribution in [2.24, 2.45) is 17.3 Å². The Hall–Kier alpha value is -0.0400. The standard InChI is InChI=1S/C13H26O/c1-10(2)8-13(14)7-6-12(4,5)9-11(13)3/h10-11,14H,6-9H2,1-5H3. The van der Waals surface area contributed by atoms with Crippen molar-refractivity contribution < 1.29 is 5.11 Å². The van der Waals surface area contributed by atoms with Crippen molar-refractivity contribution in [2.45, 2.75) is 65.9 Å². The maximum atomic E-state index is 10.5. The van der Waals surface area contributed by atoms with E-state index in [0.29, 0.717) is 17.3 Å². The van der Waals surface area contributed by atoms with Gasteiger partial charge in [-0.15, -0.1) is 0 Å². The molecule has 0 radical (unpaired) electrons. The first-order chi connectivity index (χ1) is 6.25. The van der Waals surface area contributed by atoms with Crippen LogP contribution in [0.4, 0.5) is 0 Å². The van der Waals surface area contributed by atoms with Crippen LogP contribution in [0.25, 0.3) is 0 Å². The van der Waals surface area contributed by atoms with Crippen LogP contribution in [0.15, 0.2) is 0 Å². The SMILES string of the molecule is CC(C)CC1(O)CCC(C)(C)CC1C. The molecule has 1 rings (SSSR count). The van der Waals surface area contributed by atoms with Crippen LogP contribution in [0.5, 0.6) is 0 Å². The molecule has 1 N–H and O–H groups in total. The Morgan fingerprint density at radius 2 is 1.86 bits per heavy atom. The van der Waals surface area contributed by atoms with Gasteiger partial charge in [0, 0.05) is 0 Å². The van der Waals surface area contributed by atoms with Crippen LogP contribution in [0.2, 0.25) is 0 Å². The molecule has 1 heteroatoms. The van der Waals surface area contributed by atoms with Gasteiger partial charge in [-0.1, -0.05) is 34.6 Å². The maximum Gasteiger partial charge on any atom is 0.0676 e. The molecular weight excluding hydrogens is 172 g/mol. The summed E-state index contributed by atoms with van der Waals surface area (Å²) in [5.41, 5.74) is 0.0479. The summed E-state index contributed by atoms with van der Waals surface area (Å²) in [5, 5.41) is 10.5. The van der Waals surface area contributed by atoms with Crippen molar-refractivity contribution in [3.8, 4) is 0 Å². The molecule has 1 fully saturated rings. The predicted octanol–water partition coefficient (Wildman–Crippen LogP) is 3.61. The van der Waals surface area contributed by atoms with Crippen molar-refractivity contribution in [1.29, 1.82) is 0 Å². The lowest BCUT2D eigenvalue weighted by molar-refractivity contribution is -0.0838. The van der Waals surface area contributed by atoms with Crippen LogP contribution in [-0.4, -0.2) is 10.7 Å². The van der Waals surface area contributed by atoms with Gasteiger partial charge in [0.05, 0.1) is 5.60 Å². The Labute approximate surface area is 88.9 Å². The predicted molar refractivity (Wildman–Crippen MR) is 61.2 cm³/mol. The fourth-order valence-electron chi connectivity index (χ4n) is 2.93. The van der Waals surface area contributed by atoms with Crippen LogP contribution >= 0.6 is 0 Å². The van der Waals surface area contributed by atoms with Gasteiger partial charge in [0.1, 0.15) is 0 Å². The van der Waals surface area contributed by atoms with E-state index in [2.05, 4.69) is 34.6 Å². The minimum Gasteiger partial charge on any atom is -0.390 e. The maximum absolute atomic E-state index is 10.5. The topological polar surface area (TPSA) is 20.2 Å². The van der Waals surface area contributed by atoms with Gasteiger partial charge in [-0.3, -0.25) is 0 Å². The normalized spacial score (nSPS) is 37.5. The lowest BCUT2D eigenvalue weighted by Crippen LogP contribution is -2.44. The number of hydrogen-bond donors (Lipinski definition) is 1. The molecule has 0 bridgehead atoms. The van der Waals surface area contributed by atoms with Crippen LogP contribution in [0, 0.1) is 17.3 Å². The smallest absolute Gasteiger partial charge is 0.0676 e. The molecule has 84 valence electrons. The first kappa shape index (κ1) is 12.0. The van der Waals surface area contributed by atoms with Gasteiger partial charge >= 0.3 is 0 Å². The minimum atomic E-state index is -0.385. The summed E-state index contributed by atoms with van der Waals surface area (Å²) in [6, 6.07) is 0. The Bertz CT molecular complexity index is 195. The molecule has 0 aromatic heterocycles.